The van der Waals surface area contributed by atoms with Crippen molar-refractivity contribution in [2.75, 3.05) is 19.8 Å². The Kier molecular flexibility index (Phi) is 6.75. The van der Waals surface area contributed by atoms with E-state index in [-0.39, 0.29) is 31.1 Å². The van der Waals surface area contributed by atoms with Gasteiger partial charge in [0.2, 0.25) is 0 Å². The summed E-state index contributed by atoms with van der Waals surface area (Å²) in [5.74, 6) is 0.783. The number of rotatable bonds is 7. The number of carbonyl (C=O) groups excluding carboxylic acids is 2. The molecule has 1 amide bonds. The molecule has 1 heterocycles. The summed E-state index contributed by atoms with van der Waals surface area (Å²) in [6, 6.07) is 13.4. The minimum atomic E-state index is -0.580. The van der Waals surface area contributed by atoms with E-state index in [0.29, 0.717) is 18.8 Å². The van der Waals surface area contributed by atoms with Crippen LogP contribution >= 0.6 is 0 Å². The number of aryl methyl sites for hydroxylation is 1. The molecule has 0 bridgehead atoms. The number of ether oxygens (including phenoxy) is 3. The SMILES string of the molecule is Cc1ccc(C(C)C)c(OCC(=O)OCC(=O)NC2CCOc3ccccc32)c1. The molecule has 2 aromatic carbocycles. The second-order valence-electron chi connectivity index (χ2n) is 7.44. The highest BCUT2D eigenvalue weighted by Gasteiger charge is 2.23. The molecule has 1 aliphatic heterocycles. The highest BCUT2D eigenvalue weighted by Crippen LogP contribution is 2.31. The van der Waals surface area contributed by atoms with Crippen molar-refractivity contribution in [1.82, 2.24) is 5.32 Å². The van der Waals surface area contributed by atoms with Gasteiger partial charge in [-0.1, -0.05) is 44.2 Å². The van der Waals surface area contributed by atoms with Gasteiger partial charge in [-0.3, -0.25) is 4.79 Å². The van der Waals surface area contributed by atoms with Crippen LogP contribution in [0.1, 0.15) is 48.9 Å². The molecule has 2 aromatic rings. The normalized spacial score (nSPS) is 15.2. The second-order valence-corrected chi connectivity index (χ2v) is 7.44. The number of nitrogens with one attached hydrogen (secondary N) is 1. The van der Waals surface area contributed by atoms with E-state index in [9.17, 15) is 9.59 Å². The zero-order valence-electron chi connectivity index (χ0n) is 17.1. The number of hydrogen-bond acceptors (Lipinski definition) is 5. The van der Waals surface area contributed by atoms with Gasteiger partial charge in [0.15, 0.2) is 13.2 Å². The van der Waals surface area contributed by atoms with Crippen molar-refractivity contribution < 1.29 is 23.8 Å². The molecule has 154 valence electrons. The molecular weight excluding hydrogens is 370 g/mol. The molecule has 1 aliphatic rings. The zero-order chi connectivity index (χ0) is 20.8. The Labute approximate surface area is 171 Å². The molecule has 1 N–H and O–H groups in total. The highest BCUT2D eigenvalue weighted by atomic mass is 16.6. The van der Waals surface area contributed by atoms with E-state index < -0.39 is 5.97 Å². The standard InChI is InChI=1S/C23H27NO5/c1-15(2)17-9-8-16(3)12-21(17)28-14-23(26)29-13-22(25)24-19-10-11-27-20-7-5-4-6-18(19)20/h4-9,12,15,19H,10-11,13-14H2,1-3H3,(H,24,25). The van der Waals surface area contributed by atoms with E-state index in [1.807, 2.05) is 49.4 Å². The van der Waals surface area contributed by atoms with Gasteiger partial charge in [-0.15, -0.1) is 0 Å². The predicted octanol–water partition coefficient (Wildman–Crippen LogP) is 3.68. The van der Waals surface area contributed by atoms with Crippen LogP contribution in [0.5, 0.6) is 11.5 Å². The van der Waals surface area contributed by atoms with Gasteiger partial charge in [0.05, 0.1) is 12.6 Å². The second kappa shape index (κ2) is 9.45. The first-order valence-electron chi connectivity index (χ1n) is 9.84. The van der Waals surface area contributed by atoms with Crippen LogP contribution in [0.25, 0.3) is 0 Å². The van der Waals surface area contributed by atoms with Crippen LogP contribution in [-0.4, -0.2) is 31.7 Å². The molecule has 6 nitrogen and oxygen atoms in total. The van der Waals surface area contributed by atoms with Crippen LogP contribution < -0.4 is 14.8 Å². The van der Waals surface area contributed by atoms with Crippen LogP contribution in [0.2, 0.25) is 0 Å². The fourth-order valence-corrected chi connectivity index (χ4v) is 3.30. The number of benzene rings is 2. The molecular formula is C23H27NO5. The molecule has 0 spiro atoms. The molecule has 6 heteroatoms. The molecule has 0 aliphatic carbocycles. The number of fused-ring (bicyclic) bond motifs is 1. The van der Waals surface area contributed by atoms with E-state index in [1.165, 1.54) is 0 Å². The summed E-state index contributed by atoms with van der Waals surface area (Å²) in [4.78, 5) is 24.2. The van der Waals surface area contributed by atoms with Crippen molar-refractivity contribution in [2.45, 2.75) is 39.2 Å². The van der Waals surface area contributed by atoms with Gasteiger partial charge in [0.25, 0.3) is 5.91 Å². The summed E-state index contributed by atoms with van der Waals surface area (Å²) >= 11 is 0. The summed E-state index contributed by atoms with van der Waals surface area (Å²) in [7, 11) is 0. The zero-order valence-corrected chi connectivity index (χ0v) is 17.1. The van der Waals surface area contributed by atoms with Gasteiger partial charge in [-0.25, -0.2) is 4.79 Å². The Bertz CT molecular complexity index is 877. The third-order valence-corrected chi connectivity index (χ3v) is 4.79. The third-order valence-electron chi connectivity index (χ3n) is 4.79. The number of hydrogen-bond donors (Lipinski definition) is 1. The quantitative estimate of drug-likeness (QED) is 0.722. The van der Waals surface area contributed by atoms with Gasteiger partial charge < -0.3 is 19.5 Å². The van der Waals surface area contributed by atoms with E-state index >= 15 is 0 Å². The number of para-hydroxylation sites is 1. The maximum absolute atomic E-state index is 12.2. The van der Waals surface area contributed by atoms with Crippen molar-refractivity contribution in [1.29, 1.82) is 0 Å². The first kappa shape index (κ1) is 20.7. The summed E-state index contributed by atoms with van der Waals surface area (Å²) < 4.78 is 16.3. The summed E-state index contributed by atoms with van der Waals surface area (Å²) in [6.45, 7) is 6.05. The van der Waals surface area contributed by atoms with Crippen molar-refractivity contribution in [3.05, 3.63) is 59.2 Å². The highest BCUT2D eigenvalue weighted by molar-refractivity contribution is 5.81. The lowest BCUT2D eigenvalue weighted by Crippen LogP contribution is -2.35. The van der Waals surface area contributed by atoms with Crippen molar-refractivity contribution in [3.8, 4) is 11.5 Å². The first-order valence-corrected chi connectivity index (χ1v) is 9.84. The first-order chi connectivity index (χ1) is 13.9. The minimum absolute atomic E-state index is 0.150. The fourth-order valence-electron chi connectivity index (χ4n) is 3.30. The van der Waals surface area contributed by atoms with E-state index in [2.05, 4.69) is 19.2 Å². The number of esters is 1. The minimum Gasteiger partial charge on any atom is -0.493 e. The largest absolute Gasteiger partial charge is 0.493 e. The Balaban J connectivity index is 1.48. The summed E-state index contributed by atoms with van der Waals surface area (Å²) in [6.07, 6.45) is 0.672. The van der Waals surface area contributed by atoms with Gasteiger partial charge in [0, 0.05) is 12.0 Å². The van der Waals surface area contributed by atoms with Crippen LogP contribution in [0.15, 0.2) is 42.5 Å². The monoisotopic (exact) mass is 397 g/mol. The molecule has 0 radical (unpaired) electrons. The summed E-state index contributed by atoms with van der Waals surface area (Å²) in [5, 5.41) is 2.90. The van der Waals surface area contributed by atoms with Gasteiger partial charge in [0.1, 0.15) is 11.5 Å². The maximum Gasteiger partial charge on any atom is 0.344 e. The average Bonchev–Trinajstić information content (AvgIpc) is 2.71. The lowest BCUT2D eigenvalue weighted by atomic mass is 10.0. The van der Waals surface area contributed by atoms with Crippen LogP contribution in [0, 0.1) is 6.92 Å². The molecule has 3 rings (SSSR count). The van der Waals surface area contributed by atoms with E-state index in [1.54, 1.807) is 0 Å². The topological polar surface area (TPSA) is 73.9 Å². The lowest BCUT2D eigenvalue weighted by molar-refractivity contribution is -0.150. The summed E-state index contributed by atoms with van der Waals surface area (Å²) in [5.41, 5.74) is 3.01. The fraction of sp³-hybridized carbons (Fsp3) is 0.391. The van der Waals surface area contributed by atoms with Crippen LogP contribution in [0.4, 0.5) is 0 Å². The van der Waals surface area contributed by atoms with Gasteiger partial charge in [-0.05, 0) is 36.1 Å². The molecule has 0 fully saturated rings. The predicted molar refractivity (Wildman–Crippen MR) is 109 cm³/mol. The molecule has 0 saturated heterocycles. The number of carbonyl (C=O) groups is 2. The van der Waals surface area contributed by atoms with E-state index in [4.69, 9.17) is 14.2 Å². The van der Waals surface area contributed by atoms with Crippen molar-refractivity contribution >= 4 is 11.9 Å². The van der Waals surface area contributed by atoms with Gasteiger partial charge >= 0.3 is 5.97 Å². The Morgan fingerprint density at radius 1 is 1.17 bits per heavy atom. The van der Waals surface area contributed by atoms with E-state index in [0.717, 1.165) is 22.4 Å². The maximum atomic E-state index is 12.2. The Morgan fingerprint density at radius 2 is 1.97 bits per heavy atom. The lowest BCUT2D eigenvalue weighted by Gasteiger charge is -2.26. The smallest absolute Gasteiger partial charge is 0.344 e. The number of amides is 1. The van der Waals surface area contributed by atoms with Crippen molar-refractivity contribution in [2.24, 2.45) is 0 Å². The van der Waals surface area contributed by atoms with Gasteiger partial charge in [-0.2, -0.15) is 0 Å². The average molecular weight is 397 g/mol. The Morgan fingerprint density at radius 3 is 2.76 bits per heavy atom. The third kappa shape index (κ3) is 5.50. The van der Waals surface area contributed by atoms with Crippen LogP contribution in [-0.2, 0) is 14.3 Å². The Hall–Kier alpha value is -3.02. The molecule has 1 unspecified atom stereocenters. The molecule has 29 heavy (non-hydrogen) atoms. The molecule has 0 aromatic heterocycles. The molecule has 0 saturated carbocycles. The van der Waals surface area contributed by atoms with Crippen LogP contribution in [0.3, 0.4) is 0 Å². The van der Waals surface area contributed by atoms with Crippen molar-refractivity contribution in [3.63, 3.8) is 0 Å². The molecule has 1 atom stereocenters.